The summed E-state index contributed by atoms with van der Waals surface area (Å²) in [5.74, 6) is 0.194. The zero-order valence-electron chi connectivity index (χ0n) is 14.2. The van der Waals surface area contributed by atoms with Crippen molar-refractivity contribution in [1.82, 2.24) is 9.88 Å². The highest BCUT2D eigenvalue weighted by Crippen LogP contribution is 2.13. The van der Waals surface area contributed by atoms with Gasteiger partial charge >= 0.3 is 5.97 Å². The Balaban J connectivity index is 1.80. The van der Waals surface area contributed by atoms with Gasteiger partial charge < -0.3 is 14.4 Å². The van der Waals surface area contributed by atoms with Crippen LogP contribution in [0.15, 0.2) is 54.9 Å². The first kappa shape index (κ1) is 18.2. The van der Waals surface area contributed by atoms with Crippen molar-refractivity contribution in [3.8, 4) is 5.75 Å². The second kappa shape index (κ2) is 9.22. The van der Waals surface area contributed by atoms with E-state index in [4.69, 9.17) is 4.74 Å². The largest absolute Gasteiger partial charge is 0.492 e. The van der Waals surface area contributed by atoms with Gasteiger partial charge in [-0.25, -0.2) is 4.79 Å². The van der Waals surface area contributed by atoms with Gasteiger partial charge in [0.05, 0.1) is 19.2 Å². The van der Waals surface area contributed by atoms with Crippen LogP contribution in [0.5, 0.6) is 5.75 Å². The van der Waals surface area contributed by atoms with Gasteiger partial charge in [0.15, 0.2) is 0 Å². The van der Waals surface area contributed by atoms with Crippen LogP contribution in [0.2, 0.25) is 0 Å². The van der Waals surface area contributed by atoms with Gasteiger partial charge in [0.2, 0.25) is 0 Å². The highest BCUT2D eigenvalue weighted by Gasteiger charge is 2.11. The fourth-order valence-corrected chi connectivity index (χ4v) is 2.02. The van der Waals surface area contributed by atoms with Gasteiger partial charge in [0.25, 0.3) is 5.91 Å². The van der Waals surface area contributed by atoms with Crippen molar-refractivity contribution in [3.05, 3.63) is 66.0 Å². The molecule has 2 rings (SSSR count). The molecule has 6 heteroatoms. The number of hydrogen-bond donors (Lipinski definition) is 0. The van der Waals surface area contributed by atoms with Crippen LogP contribution in [-0.4, -0.2) is 49.1 Å². The molecule has 0 radical (unpaired) electrons. The third-order valence-electron chi connectivity index (χ3n) is 3.44. The van der Waals surface area contributed by atoms with Crippen molar-refractivity contribution in [3.63, 3.8) is 0 Å². The molecule has 6 nitrogen and oxygen atoms in total. The van der Waals surface area contributed by atoms with E-state index in [9.17, 15) is 9.59 Å². The molecule has 1 amide bonds. The maximum Gasteiger partial charge on any atom is 0.330 e. The summed E-state index contributed by atoms with van der Waals surface area (Å²) < 4.78 is 10.2. The molecular formula is C19H20N2O4. The van der Waals surface area contributed by atoms with Gasteiger partial charge in [-0.15, -0.1) is 0 Å². The minimum absolute atomic E-state index is 0.0972. The number of amides is 1. The Hall–Kier alpha value is -3.15. The zero-order chi connectivity index (χ0) is 18.1. The quantitative estimate of drug-likeness (QED) is 0.572. The molecule has 0 bridgehead atoms. The number of hydrogen-bond acceptors (Lipinski definition) is 5. The first-order valence-corrected chi connectivity index (χ1v) is 7.74. The maximum atomic E-state index is 12.2. The summed E-state index contributed by atoms with van der Waals surface area (Å²) in [7, 11) is 3.05. The van der Waals surface area contributed by atoms with Crippen molar-refractivity contribution in [2.75, 3.05) is 27.3 Å². The van der Waals surface area contributed by atoms with E-state index in [2.05, 4.69) is 9.72 Å². The van der Waals surface area contributed by atoms with Crippen LogP contribution in [0.3, 0.4) is 0 Å². The lowest BCUT2D eigenvalue weighted by Crippen LogP contribution is -2.30. The second-order valence-electron chi connectivity index (χ2n) is 5.24. The van der Waals surface area contributed by atoms with E-state index >= 15 is 0 Å². The first-order valence-electron chi connectivity index (χ1n) is 7.74. The average Bonchev–Trinajstić information content (AvgIpc) is 2.67. The number of aromatic nitrogens is 1. The van der Waals surface area contributed by atoms with Crippen LogP contribution in [0, 0.1) is 0 Å². The van der Waals surface area contributed by atoms with E-state index in [-0.39, 0.29) is 5.91 Å². The molecule has 0 spiro atoms. The predicted octanol–water partition coefficient (Wildman–Crippen LogP) is 2.42. The van der Waals surface area contributed by atoms with Gasteiger partial charge in [0.1, 0.15) is 12.4 Å². The molecule has 0 unspecified atom stereocenters. The number of ether oxygens (including phenoxy) is 2. The molecule has 2 aromatic rings. The second-order valence-corrected chi connectivity index (χ2v) is 5.24. The Morgan fingerprint density at radius 1 is 1.20 bits per heavy atom. The molecule has 0 saturated carbocycles. The summed E-state index contributed by atoms with van der Waals surface area (Å²) in [5, 5.41) is 0. The number of likely N-dealkylation sites (N-methyl/N-ethyl adjacent to an activating group) is 1. The van der Waals surface area contributed by atoms with Crippen LogP contribution < -0.4 is 4.74 Å². The van der Waals surface area contributed by atoms with E-state index < -0.39 is 5.97 Å². The molecule has 1 aromatic carbocycles. The van der Waals surface area contributed by atoms with E-state index in [1.165, 1.54) is 13.2 Å². The molecule has 0 aliphatic rings. The van der Waals surface area contributed by atoms with Gasteiger partial charge in [-0.05, 0) is 35.9 Å². The number of rotatable bonds is 7. The summed E-state index contributed by atoms with van der Waals surface area (Å²) >= 11 is 0. The predicted molar refractivity (Wildman–Crippen MR) is 94.2 cm³/mol. The summed E-state index contributed by atoms with van der Waals surface area (Å²) in [5.41, 5.74) is 1.41. The molecule has 0 saturated heterocycles. The Morgan fingerprint density at radius 3 is 2.60 bits per heavy atom. The molecule has 25 heavy (non-hydrogen) atoms. The lowest BCUT2D eigenvalue weighted by molar-refractivity contribution is -0.134. The number of benzene rings is 1. The highest BCUT2D eigenvalue weighted by molar-refractivity contribution is 5.93. The molecule has 0 aliphatic carbocycles. The van der Waals surface area contributed by atoms with E-state index in [0.717, 1.165) is 5.56 Å². The van der Waals surface area contributed by atoms with Gasteiger partial charge in [-0.2, -0.15) is 0 Å². The van der Waals surface area contributed by atoms with Crippen LogP contribution in [0.25, 0.3) is 6.08 Å². The topological polar surface area (TPSA) is 68.7 Å². The molecule has 1 heterocycles. The standard InChI is InChI=1S/C19H20N2O4/c1-21(19(23)16-4-3-11-20-14-16)12-13-25-17-8-5-15(6-9-17)7-10-18(22)24-2/h3-11,14H,12-13H2,1-2H3/b10-7+. The molecule has 0 atom stereocenters. The molecule has 0 N–H and O–H groups in total. The van der Waals surface area contributed by atoms with Gasteiger partial charge in [0, 0.05) is 25.5 Å². The lowest BCUT2D eigenvalue weighted by atomic mass is 10.2. The lowest BCUT2D eigenvalue weighted by Gasteiger charge is -2.17. The Labute approximate surface area is 146 Å². The molecule has 0 fully saturated rings. The monoisotopic (exact) mass is 340 g/mol. The summed E-state index contributed by atoms with van der Waals surface area (Å²) in [6.07, 6.45) is 6.19. The number of nitrogens with zero attached hydrogens (tertiary/aromatic N) is 2. The zero-order valence-corrected chi connectivity index (χ0v) is 14.2. The minimum atomic E-state index is -0.401. The van der Waals surface area contributed by atoms with Crippen LogP contribution >= 0.6 is 0 Å². The number of esters is 1. The molecule has 130 valence electrons. The maximum absolute atomic E-state index is 12.2. The normalized spacial score (nSPS) is 10.5. The summed E-state index contributed by atoms with van der Waals surface area (Å²) in [6, 6.07) is 10.7. The van der Waals surface area contributed by atoms with Crippen molar-refractivity contribution in [2.45, 2.75) is 0 Å². The Morgan fingerprint density at radius 2 is 1.96 bits per heavy atom. The minimum Gasteiger partial charge on any atom is -0.492 e. The summed E-state index contributed by atoms with van der Waals surface area (Å²) in [6.45, 7) is 0.831. The number of pyridine rings is 1. The van der Waals surface area contributed by atoms with Crippen molar-refractivity contribution < 1.29 is 19.1 Å². The van der Waals surface area contributed by atoms with Crippen molar-refractivity contribution >= 4 is 18.0 Å². The molecule has 1 aromatic heterocycles. The third kappa shape index (κ3) is 5.76. The van der Waals surface area contributed by atoms with Gasteiger partial charge in [-0.1, -0.05) is 12.1 Å². The fourth-order valence-electron chi connectivity index (χ4n) is 2.02. The SMILES string of the molecule is COC(=O)/C=C/c1ccc(OCCN(C)C(=O)c2cccnc2)cc1. The first-order chi connectivity index (χ1) is 12.1. The number of carbonyl (C=O) groups is 2. The number of carbonyl (C=O) groups excluding carboxylic acids is 2. The van der Waals surface area contributed by atoms with Crippen LogP contribution in [-0.2, 0) is 9.53 Å². The Bertz CT molecular complexity index is 727. The van der Waals surface area contributed by atoms with E-state index in [0.29, 0.717) is 24.5 Å². The highest BCUT2D eigenvalue weighted by atomic mass is 16.5. The molecule has 0 aliphatic heterocycles. The van der Waals surface area contributed by atoms with E-state index in [1.807, 2.05) is 12.1 Å². The average molecular weight is 340 g/mol. The third-order valence-corrected chi connectivity index (χ3v) is 3.44. The number of methoxy groups -OCH3 is 1. The van der Waals surface area contributed by atoms with Crippen LogP contribution in [0.4, 0.5) is 0 Å². The van der Waals surface area contributed by atoms with Crippen LogP contribution in [0.1, 0.15) is 15.9 Å². The van der Waals surface area contributed by atoms with Crippen molar-refractivity contribution in [2.24, 2.45) is 0 Å². The summed E-state index contributed by atoms with van der Waals surface area (Å²) in [4.78, 5) is 28.7. The van der Waals surface area contributed by atoms with Gasteiger partial charge in [-0.3, -0.25) is 9.78 Å². The van der Waals surface area contributed by atoms with E-state index in [1.54, 1.807) is 54.7 Å². The van der Waals surface area contributed by atoms with Crippen molar-refractivity contribution in [1.29, 1.82) is 0 Å². The molecular weight excluding hydrogens is 320 g/mol. The Kier molecular flexibility index (Phi) is 6.71. The smallest absolute Gasteiger partial charge is 0.330 e. The fraction of sp³-hybridized carbons (Fsp3) is 0.211.